The van der Waals surface area contributed by atoms with Gasteiger partial charge < -0.3 is 21.1 Å². The molecule has 4 N–H and O–H groups in total. The van der Waals surface area contributed by atoms with Crippen molar-refractivity contribution in [3.8, 4) is 0 Å². The molecule has 0 aliphatic rings. The smallest absolute Gasteiger partial charge is 0.222 e. The highest BCUT2D eigenvalue weighted by Gasteiger charge is 2.21. The van der Waals surface area contributed by atoms with Crippen LogP contribution in [0.1, 0.15) is 6.92 Å². The molecule has 0 saturated heterocycles. The molecule has 0 aliphatic heterocycles. The second kappa shape index (κ2) is 5.24. The maximum absolute atomic E-state index is 13.3. The summed E-state index contributed by atoms with van der Waals surface area (Å²) < 4.78 is 13.3. The van der Waals surface area contributed by atoms with Gasteiger partial charge in [-0.2, -0.15) is 4.98 Å². The van der Waals surface area contributed by atoms with Crippen molar-refractivity contribution >= 4 is 11.8 Å². The van der Waals surface area contributed by atoms with Crippen molar-refractivity contribution < 1.29 is 9.50 Å². The van der Waals surface area contributed by atoms with E-state index in [-0.39, 0.29) is 18.3 Å². The number of nitrogen functional groups attached to an aromatic ring is 1. The Morgan fingerprint density at radius 3 is 2.82 bits per heavy atom. The normalized spacial score (nSPS) is 14.7. The molecule has 6 nitrogen and oxygen atoms in total. The molecule has 7 heteroatoms. The third kappa shape index (κ3) is 4.49. The first-order chi connectivity index (χ1) is 7.80. The zero-order chi connectivity index (χ0) is 13.1. The van der Waals surface area contributed by atoms with E-state index in [2.05, 4.69) is 15.3 Å². The van der Waals surface area contributed by atoms with Crippen LogP contribution in [0.5, 0.6) is 0 Å². The third-order valence-electron chi connectivity index (χ3n) is 2.06. The summed E-state index contributed by atoms with van der Waals surface area (Å²) in [4.78, 5) is 9.06. The summed E-state index contributed by atoms with van der Waals surface area (Å²) >= 11 is 0. The van der Waals surface area contributed by atoms with Gasteiger partial charge in [0.25, 0.3) is 0 Å². The number of anilines is 2. The van der Waals surface area contributed by atoms with E-state index >= 15 is 0 Å². The van der Waals surface area contributed by atoms with E-state index in [1.165, 1.54) is 0 Å². The molecule has 1 aromatic heterocycles. The zero-order valence-electron chi connectivity index (χ0n) is 10.2. The number of halogens is 1. The molecule has 0 radical (unpaired) electrons. The topological polar surface area (TPSA) is 87.3 Å². The van der Waals surface area contributed by atoms with E-state index < -0.39 is 11.4 Å². The first kappa shape index (κ1) is 13.6. The van der Waals surface area contributed by atoms with Gasteiger partial charge in [-0.25, -0.2) is 9.37 Å². The van der Waals surface area contributed by atoms with Crippen LogP contribution in [0, 0.1) is 5.82 Å². The molecule has 0 saturated carbocycles. The van der Waals surface area contributed by atoms with Crippen LogP contribution in [0.4, 0.5) is 16.2 Å². The van der Waals surface area contributed by atoms with Gasteiger partial charge in [0.05, 0.1) is 11.8 Å². The monoisotopic (exact) mass is 243 g/mol. The van der Waals surface area contributed by atoms with Crippen LogP contribution in [0.2, 0.25) is 0 Å². The minimum atomic E-state index is -0.990. The molecule has 1 atom stereocenters. The Morgan fingerprint density at radius 2 is 2.24 bits per heavy atom. The van der Waals surface area contributed by atoms with Gasteiger partial charge in [-0.1, -0.05) is 0 Å². The first-order valence-electron chi connectivity index (χ1n) is 5.19. The van der Waals surface area contributed by atoms with Crippen molar-refractivity contribution in [2.75, 3.05) is 38.2 Å². The van der Waals surface area contributed by atoms with E-state index in [1.807, 2.05) is 19.0 Å². The Kier molecular flexibility index (Phi) is 4.19. The molecule has 0 spiro atoms. The molecule has 0 aromatic carbocycles. The van der Waals surface area contributed by atoms with Crippen LogP contribution in [-0.4, -0.2) is 52.8 Å². The minimum Gasteiger partial charge on any atom is -0.387 e. The Morgan fingerprint density at radius 1 is 1.59 bits per heavy atom. The second-order valence-electron chi connectivity index (χ2n) is 4.51. The zero-order valence-corrected chi connectivity index (χ0v) is 10.2. The van der Waals surface area contributed by atoms with Crippen LogP contribution in [-0.2, 0) is 0 Å². The van der Waals surface area contributed by atoms with Gasteiger partial charge >= 0.3 is 0 Å². The van der Waals surface area contributed by atoms with E-state index in [0.717, 1.165) is 6.20 Å². The highest BCUT2D eigenvalue weighted by atomic mass is 19.1. The molecule has 0 fully saturated rings. The number of hydrogen-bond acceptors (Lipinski definition) is 6. The molecule has 1 rings (SSSR count). The van der Waals surface area contributed by atoms with Crippen molar-refractivity contribution in [3.05, 3.63) is 12.0 Å². The van der Waals surface area contributed by atoms with E-state index in [9.17, 15) is 9.50 Å². The number of hydrogen-bond donors (Lipinski definition) is 3. The number of aliphatic hydroxyl groups is 1. The summed E-state index contributed by atoms with van der Waals surface area (Å²) in [5.74, 6) is -0.613. The van der Waals surface area contributed by atoms with Crippen molar-refractivity contribution in [2.45, 2.75) is 12.5 Å². The Labute approximate surface area is 99.7 Å². The lowest BCUT2D eigenvalue weighted by atomic mass is 10.1. The van der Waals surface area contributed by atoms with Crippen molar-refractivity contribution in [1.29, 1.82) is 0 Å². The molecule has 0 amide bonds. The lowest BCUT2D eigenvalue weighted by Gasteiger charge is -2.27. The molecule has 1 aromatic rings. The molecular weight excluding hydrogens is 225 g/mol. The molecule has 0 bridgehead atoms. The van der Waals surface area contributed by atoms with Gasteiger partial charge in [-0.05, 0) is 21.0 Å². The Bertz CT molecular complexity index is 383. The molecule has 1 unspecified atom stereocenters. The quantitative estimate of drug-likeness (QED) is 0.670. The van der Waals surface area contributed by atoms with Crippen LogP contribution in [0.15, 0.2) is 6.20 Å². The fraction of sp³-hybridized carbons (Fsp3) is 0.600. The molecular formula is C10H18FN5O. The third-order valence-corrected chi connectivity index (χ3v) is 2.06. The van der Waals surface area contributed by atoms with Crippen molar-refractivity contribution in [3.63, 3.8) is 0 Å². The first-order valence-corrected chi connectivity index (χ1v) is 5.19. The van der Waals surface area contributed by atoms with Crippen LogP contribution >= 0.6 is 0 Å². The highest BCUT2D eigenvalue weighted by Crippen LogP contribution is 2.12. The fourth-order valence-corrected chi connectivity index (χ4v) is 1.52. The summed E-state index contributed by atoms with van der Waals surface area (Å²) in [6.07, 6.45) is 0.991. The van der Waals surface area contributed by atoms with Gasteiger partial charge in [0.2, 0.25) is 5.95 Å². The van der Waals surface area contributed by atoms with Crippen molar-refractivity contribution in [2.24, 2.45) is 0 Å². The molecule has 0 aliphatic carbocycles. The fourth-order valence-electron chi connectivity index (χ4n) is 1.52. The molecule has 1 heterocycles. The lowest BCUT2D eigenvalue weighted by Crippen LogP contribution is -2.43. The number of likely N-dealkylation sites (N-methyl/N-ethyl adjacent to an activating group) is 1. The summed E-state index contributed by atoms with van der Waals surface area (Å²) in [5.41, 5.74) is 4.36. The molecule has 96 valence electrons. The number of aromatic nitrogens is 2. The van der Waals surface area contributed by atoms with Gasteiger partial charge in [0.15, 0.2) is 11.6 Å². The SMILES string of the molecule is CN(C)CC(C)(O)CNc1nc(N)ncc1F. The summed E-state index contributed by atoms with van der Waals surface area (Å²) in [7, 11) is 3.69. The molecule has 17 heavy (non-hydrogen) atoms. The van der Waals surface area contributed by atoms with Gasteiger partial charge in [0.1, 0.15) is 0 Å². The second-order valence-corrected chi connectivity index (χ2v) is 4.51. The summed E-state index contributed by atoms with van der Waals surface area (Å²) in [6.45, 7) is 2.27. The minimum absolute atomic E-state index is 0.00321. The van der Waals surface area contributed by atoms with Crippen LogP contribution in [0.25, 0.3) is 0 Å². The average molecular weight is 243 g/mol. The predicted octanol–water partition coefficient (Wildman–Crippen LogP) is -0.0776. The maximum atomic E-state index is 13.3. The highest BCUT2D eigenvalue weighted by molar-refractivity contribution is 5.39. The van der Waals surface area contributed by atoms with E-state index in [1.54, 1.807) is 6.92 Å². The van der Waals surface area contributed by atoms with Crippen molar-refractivity contribution in [1.82, 2.24) is 14.9 Å². The average Bonchev–Trinajstić information content (AvgIpc) is 2.17. The largest absolute Gasteiger partial charge is 0.387 e. The summed E-state index contributed by atoms with van der Waals surface area (Å²) in [6, 6.07) is 0. The summed E-state index contributed by atoms with van der Waals surface area (Å²) in [5, 5.41) is 12.7. The Balaban J connectivity index is 2.63. The number of nitrogens with zero attached hydrogens (tertiary/aromatic N) is 3. The van der Waals surface area contributed by atoms with Crippen LogP contribution < -0.4 is 11.1 Å². The van der Waals surface area contributed by atoms with E-state index in [4.69, 9.17) is 5.73 Å². The van der Waals surface area contributed by atoms with Gasteiger partial charge in [-0.3, -0.25) is 0 Å². The van der Waals surface area contributed by atoms with Gasteiger partial charge in [0, 0.05) is 13.1 Å². The number of nitrogens with two attached hydrogens (primary N) is 1. The number of rotatable bonds is 5. The van der Waals surface area contributed by atoms with Gasteiger partial charge in [-0.15, -0.1) is 0 Å². The van der Waals surface area contributed by atoms with Crippen LogP contribution in [0.3, 0.4) is 0 Å². The number of nitrogens with one attached hydrogen (secondary N) is 1. The Hall–Kier alpha value is -1.47. The van der Waals surface area contributed by atoms with E-state index in [0.29, 0.717) is 6.54 Å². The maximum Gasteiger partial charge on any atom is 0.222 e. The standard InChI is InChI=1S/C10H18FN5O/c1-10(17,6-16(2)3)5-14-8-7(11)4-13-9(12)15-8/h4,17H,5-6H2,1-3H3,(H3,12,13,14,15). The lowest BCUT2D eigenvalue weighted by molar-refractivity contribution is 0.0458. The predicted molar refractivity (Wildman–Crippen MR) is 64.1 cm³/mol.